The molecule has 0 aromatic rings. The summed E-state index contributed by atoms with van der Waals surface area (Å²) >= 11 is 5.05. The van der Waals surface area contributed by atoms with Gasteiger partial charge in [-0.25, -0.2) is 0 Å². The standard InChI is InChI=1S/C4H10PS2/c1-3-5-7(6)4-2/h3-4H2,1-2H3/q-1. The molecule has 0 heterocycles. The van der Waals surface area contributed by atoms with Gasteiger partial charge in [-0.3, -0.25) is 18.5 Å². The van der Waals surface area contributed by atoms with E-state index >= 15 is 0 Å². The van der Waals surface area contributed by atoms with Crippen LogP contribution in [0, 0.1) is 0 Å². The van der Waals surface area contributed by atoms with E-state index in [1.54, 1.807) is 0 Å². The lowest BCUT2D eigenvalue weighted by atomic mass is 11.0. The normalized spacial score (nSPS) is 14.6. The van der Waals surface area contributed by atoms with Gasteiger partial charge in [-0.1, -0.05) is 13.8 Å². The predicted molar refractivity (Wildman–Crippen MR) is 42.7 cm³/mol. The quantitative estimate of drug-likeness (QED) is 0.431. The van der Waals surface area contributed by atoms with Crippen LogP contribution in [0.25, 0.3) is 0 Å². The first kappa shape index (κ1) is 7.87. The topological polar surface area (TPSA) is 0 Å². The zero-order valence-corrected chi connectivity index (χ0v) is 7.21. The molecule has 0 aliphatic carbocycles. The summed E-state index contributed by atoms with van der Waals surface area (Å²) in [5.74, 6) is 1.17. The van der Waals surface area contributed by atoms with Crippen LogP contribution in [0.4, 0.5) is 0 Å². The first-order valence-electron chi connectivity index (χ1n) is 2.37. The molecule has 0 aliphatic heterocycles. The lowest BCUT2D eigenvalue weighted by Crippen LogP contribution is -1.69. The smallest absolute Gasteiger partial charge is 0.0377 e. The molecule has 3 heteroatoms. The highest BCUT2D eigenvalue weighted by molar-refractivity contribution is 8.41. The van der Waals surface area contributed by atoms with Crippen LogP contribution in [-0.4, -0.2) is 11.9 Å². The first-order valence-corrected chi connectivity index (χ1v) is 6.37. The minimum atomic E-state index is 0.279. The van der Waals surface area contributed by atoms with Gasteiger partial charge < -0.3 is 8.63 Å². The van der Waals surface area contributed by atoms with E-state index in [2.05, 4.69) is 13.8 Å². The van der Waals surface area contributed by atoms with Crippen LogP contribution in [0.1, 0.15) is 13.8 Å². The third kappa shape index (κ3) is 4.73. The van der Waals surface area contributed by atoms with E-state index in [9.17, 15) is 0 Å². The van der Waals surface area contributed by atoms with Crippen LogP contribution in [0.3, 0.4) is 0 Å². The van der Waals surface area contributed by atoms with Crippen LogP contribution in [0.2, 0.25) is 0 Å². The molecule has 0 aliphatic rings. The van der Waals surface area contributed by atoms with E-state index in [-0.39, 0.29) is 8.63 Å². The molecule has 0 aromatic heterocycles. The average molecular weight is 153 g/mol. The summed E-state index contributed by atoms with van der Waals surface area (Å²) in [5, 5.41) is 0. The second-order valence-electron chi connectivity index (χ2n) is 1.06. The highest BCUT2D eigenvalue weighted by Crippen LogP contribution is 1.95. The zero-order chi connectivity index (χ0) is 5.70. The van der Waals surface area contributed by atoms with Gasteiger partial charge in [0.15, 0.2) is 0 Å². The summed E-state index contributed by atoms with van der Waals surface area (Å²) < 4.78 is 0. The predicted octanol–water partition coefficient (Wildman–Crippen LogP) is 1.97. The monoisotopic (exact) mass is 153 g/mol. The third-order valence-electron chi connectivity index (χ3n) is 0.520. The van der Waals surface area contributed by atoms with Crippen molar-refractivity contribution in [2.45, 2.75) is 13.8 Å². The Morgan fingerprint density at radius 1 is 1.57 bits per heavy atom. The third-order valence-corrected chi connectivity index (χ3v) is 5.63. The Morgan fingerprint density at radius 3 is 2.29 bits per heavy atom. The van der Waals surface area contributed by atoms with Gasteiger partial charge in [0.1, 0.15) is 0 Å². The van der Waals surface area contributed by atoms with E-state index in [1.165, 1.54) is 19.3 Å². The van der Waals surface area contributed by atoms with Crippen molar-refractivity contribution in [2.75, 3.05) is 11.9 Å². The van der Waals surface area contributed by atoms with E-state index in [0.29, 0.717) is 0 Å². The number of hydrogen-bond acceptors (Lipinski definition) is 2. The van der Waals surface area contributed by atoms with Gasteiger partial charge in [0.25, 0.3) is 0 Å². The average Bonchev–Trinajstić information content (AvgIpc) is 1.68. The highest BCUT2D eigenvalue weighted by Gasteiger charge is 1.54. The summed E-state index contributed by atoms with van der Waals surface area (Å²) in [6.07, 6.45) is 1.22. The molecule has 0 amide bonds. The van der Waals surface area contributed by atoms with Crippen LogP contribution in [0.5, 0.6) is 0 Å². The minimum Gasteiger partial charge on any atom is -0.385 e. The molecule has 0 spiro atoms. The lowest BCUT2D eigenvalue weighted by Gasteiger charge is -1.96. The fraction of sp³-hybridized carbons (Fsp3) is 1.00. The molecule has 0 unspecified atom stereocenters. The molecular weight excluding hydrogens is 143 g/mol. The Morgan fingerprint density at radius 2 is 2.14 bits per heavy atom. The second-order valence-corrected chi connectivity index (χ2v) is 7.21. The van der Waals surface area contributed by atoms with E-state index < -0.39 is 0 Å². The van der Waals surface area contributed by atoms with Crippen molar-refractivity contribution in [3.05, 3.63) is 0 Å². The molecule has 44 valence electrons. The molecular formula is C4H10PS2-. The molecule has 0 rings (SSSR count). The van der Waals surface area contributed by atoms with Crippen molar-refractivity contribution in [1.82, 2.24) is 0 Å². The molecule has 0 bridgehead atoms. The van der Waals surface area contributed by atoms with Gasteiger partial charge in [0.2, 0.25) is 0 Å². The maximum atomic E-state index is 5.05. The fourth-order valence-electron chi connectivity index (χ4n) is 0.235. The Bertz CT molecular complexity index is 102. The zero-order valence-electron chi connectivity index (χ0n) is 4.68. The Hall–Kier alpha value is 0.870. The highest BCUT2D eigenvalue weighted by atomic mass is 32.9. The summed E-state index contributed by atoms with van der Waals surface area (Å²) in [7, 11) is 1.73. The molecule has 0 fully saturated rings. The molecule has 0 saturated carbocycles. The molecule has 7 heavy (non-hydrogen) atoms. The lowest BCUT2D eigenvalue weighted by molar-refractivity contribution is 1.52. The van der Waals surface area contributed by atoms with Crippen molar-refractivity contribution in [3.63, 3.8) is 0 Å². The number of hydrogen-bond donors (Lipinski definition) is 0. The molecule has 0 N–H and O–H groups in total. The van der Waals surface area contributed by atoms with Crippen LogP contribution in [0.15, 0.2) is 0 Å². The summed E-state index contributed by atoms with van der Waals surface area (Å²) in [6, 6.07) is 0. The van der Waals surface area contributed by atoms with Crippen molar-refractivity contribution in [1.29, 1.82) is 0 Å². The van der Waals surface area contributed by atoms with E-state index in [1.807, 2.05) is 0 Å². The molecule has 0 aromatic carbocycles. The molecule has 0 radical (unpaired) electrons. The Balaban J connectivity index is 3.52. The summed E-state index contributed by atoms with van der Waals surface area (Å²) in [4.78, 5) is 0. The van der Waals surface area contributed by atoms with Gasteiger partial charge in [-0.05, 0) is 6.16 Å². The van der Waals surface area contributed by atoms with Crippen molar-refractivity contribution >= 4 is 27.2 Å². The fourth-order valence-corrected chi connectivity index (χ4v) is 3.07. The maximum absolute atomic E-state index is 5.05. The largest absolute Gasteiger partial charge is 0.385 e. The SMILES string of the molecule is CCP=[S-](=S)CC. The Labute approximate surface area is 53.3 Å². The van der Waals surface area contributed by atoms with Gasteiger partial charge in [-0.2, -0.15) is 0 Å². The minimum absolute atomic E-state index is 0.279. The van der Waals surface area contributed by atoms with Gasteiger partial charge >= 0.3 is 0 Å². The van der Waals surface area contributed by atoms with E-state index in [4.69, 9.17) is 11.2 Å². The van der Waals surface area contributed by atoms with Crippen molar-refractivity contribution < 1.29 is 0 Å². The van der Waals surface area contributed by atoms with Crippen LogP contribution >= 0.6 is 7.36 Å². The number of rotatable bonds is 2. The van der Waals surface area contributed by atoms with E-state index in [0.717, 1.165) is 0 Å². The maximum Gasteiger partial charge on any atom is -0.0377 e. The first-order chi connectivity index (χ1) is 3.31. The van der Waals surface area contributed by atoms with Crippen molar-refractivity contribution in [3.8, 4) is 0 Å². The molecule has 0 atom stereocenters. The van der Waals surface area contributed by atoms with Gasteiger partial charge in [0, 0.05) is 0 Å². The van der Waals surface area contributed by atoms with Crippen molar-refractivity contribution in [2.24, 2.45) is 0 Å². The van der Waals surface area contributed by atoms with Crippen LogP contribution in [-0.2, 0) is 19.8 Å². The second kappa shape index (κ2) is 5.02. The summed E-state index contributed by atoms with van der Waals surface area (Å²) in [6.45, 7) is 4.32. The van der Waals surface area contributed by atoms with Gasteiger partial charge in [0.05, 0.1) is 0 Å². The Kier molecular flexibility index (Phi) is 5.64. The van der Waals surface area contributed by atoms with Crippen LogP contribution < -0.4 is 0 Å². The molecule has 0 saturated heterocycles. The molecule has 0 nitrogen and oxygen atoms in total. The van der Waals surface area contributed by atoms with Gasteiger partial charge in [-0.15, -0.1) is 5.75 Å². The summed E-state index contributed by atoms with van der Waals surface area (Å²) in [5.41, 5.74) is 0.